The Labute approximate surface area is 126 Å². The van der Waals surface area contributed by atoms with Crippen LogP contribution in [0.1, 0.15) is 44.2 Å². The van der Waals surface area contributed by atoms with Crippen molar-refractivity contribution in [3.63, 3.8) is 0 Å². The summed E-state index contributed by atoms with van der Waals surface area (Å²) in [5.74, 6) is 0. The molecule has 2 aromatic carbocycles. The van der Waals surface area contributed by atoms with Gasteiger partial charge in [-0.25, -0.2) is 0 Å². The van der Waals surface area contributed by atoms with Gasteiger partial charge in [0.25, 0.3) is 0 Å². The summed E-state index contributed by atoms with van der Waals surface area (Å²) >= 11 is 6.35. The monoisotopic (exact) mass is 287 g/mol. The molecule has 2 aromatic rings. The summed E-state index contributed by atoms with van der Waals surface area (Å²) in [5, 5.41) is 6.86. The Morgan fingerprint density at radius 3 is 2.35 bits per heavy atom. The molecule has 0 amide bonds. The highest BCUT2D eigenvalue weighted by molar-refractivity contribution is 6.35. The number of rotatable bonds is 3. The lowest BCUT2D eigenvalue weighted by molar-refractivity contribution is 0.235. The molecule has 1 saturated carbocycles. The molecule has 1 aliphatic rings. The molecule has 20 heavy (non-hydrogen) atoms. The van der Waals surface area contributed by atoms with Crippen molar-refractivity contribution in [2.24, 2.45) is 5.41 Å². The molecule has 0 aromatic heterocycles. The second-order valence-corrected chi connectivity index (χ2v) is 6.67. The second kappa shape index (κ2) is 5.38. The lowest BCUT2D eigenvalue weighted by Crippen LogP contribution is -2.32. The van der Waals surface area contributed by atoms with Gasteiger partial charge in [-0.05, 0) is 42.3 Å². The highest BCUT2D eigenvalue weighted by atomic mass is 35.5. The lowest BCUT2D eigenvalue weighted by Gasteiger charge is -2.35. The maximum atomic E-state index is 6.35. The number of hydrogen-bond donors (Lipinski definition) is 1. The molecule has 0 bridgehead atoms. The topological polar surface area (TPSA) is 12.0 Å². The van der Waals surface area contributed by atoms with Gasteiger partial charge in [0.1, 0.15) is 0 Å². The van der Waals surface area contributed by atoms with Crippen LogP contribution in [0.25, 0.3) is 10.8 Å². The summed E-state index contributed by atoms with van der Waals surface area (Å²) in [7, 11) is 2.08. The number of nitrogens with one attached hydrogen (secondary N) is 1. The standard InChI is InChI=1S/C18H22ClN/c1-18(11-5-6-12-18)17(20-2)15-9-10-16(19)14-8-4-3-7-13(14)15/h3-4,7-10,17,20H,5-6,11-12H2,1-2H3. The molecule has 1 atom stereocenters. The van der Waals surface area contributed by atoms with Crippen LogP contribution < -0.4 is 5.32 Å². The Morgan fingerprint density at radius 1 is 1.05 bits per heavy atom. The number of fused-ring (bicyclic) bond motifs is 1. The Hall–Kier alpha value is -1.05. The molecule has 1 N–H and O–H groups in total. The summed E-state index contributed by atoms with van der Waals surface area (Å²) in [4.78, 5) is 0. The van der Waals surface area contributed by atoms with E-state index in [1.54, 1.807) is 0 Å². The molecule has 1 nitrogen and oxygen atoms in total. The zero-order chi connectivity index (χ0) is 14.2. The van der Waals surface area contributed by atoms with Gasteiger partial charge >= 0.3 is 0 Å². The van der Waals surface area contributed by atoms with Gasteiger partial charge in [-0.3, -0.25) is 0 Å². The molecular formula is C18H22ClN. The van der Waals surface area contributed by atoms with Gasteiger partial charge < -0.3 is 5.32 Å². The van der Waals surface area contributed by atoms with Crippen LogP contribution in [0.15, 0.2) is 36.4 Å². The molecular weight excluding hydrogens is 266 g/mol. The minimum absolute atomic E-state index is 0.353. The zero-order valence-electron chi connectivity index (χ0n) is 12.2. The highest BCUT2D eigenvalue weighted by Gasteiger charge is 2.37. The molecule has 2 heteroatoms. The third-order valence-electron chi connectivity index (χ3n) is 4.95. The number of hydrogen-bond acceptors (Lipinski definition) is 1. The van der Waals surface area contributed by atoms with Gasteiger partial charge in [0.2, 0.25) is 0 Å². The van der Waals surface area contributed by atoms with Crippen molar-refractivity contribution in [1.82, 2.24) is 5.32 Å². The second-order valence-electron chi connectivity index (χ2n) is 6.27. The molecule has 1 fully saturated rings. The van der Waals surface area contributed by atoms with Crippen LogP contribution in [0.5, 0.6) is 0 Å². The molecule has 0 heterocycles. The molecule has 3 rings (SSSR count). The van der Waals surface area contributed by atoms with E-state index in [2.05, 4.69) is 49.6 Å². The third-order valence-corrected chi connectivity index (χ3v) is 5.28. The molecule has 1 unspecified atom stereocenters. The van der Waals surface area contributed by atoms with Crippen LogP contribution in [-0.2, 0) is 0 Å². The molecule has 0 radical (unpaired) electrons. The molecule has 1 aliphatic carbocycles. The summed E-state index contributed by atoms with van der Waals surface area (Å²) in [6, 6.07) is 13.1. The van der Waals surface area contributed by atoms with Crippen molar-refractivity contribution < 1.29 is 0 Å². The summed E-state index contributed by atoms with van der Waals surface area (Å²) in [5.41, 5.74) is 1.74. The first kappa shape index (κ1) is 13.9. The van der Waals surface area contributed by atoms with Crippen LogP contribution >= 0.6 is 11.6 Å². The Bertz CT molecular complexity index is 614. The third kappa shape index (κ3) is 2.23. The van der Waals surface area contributed by atoms with E-state index in [1.807, 2.05) is 6.07 Å². The molecule has 0 spiro atoms. The fraction of sp³-hybridized carbons (Fsp3) is 0.444. The lowest BCUT2D eigenvalue weighted by atomic mass is 9.76. The SMILES string of the molecule is CNC(c1ccc(Cl)c2ccccc12)C1(C)CCCC1. The summed E-state index contributed by atoms with van der Waals surface area (Å²) in [6.07, 6.45) is 5.30. The van der Waals surface area contributed by atoms with E-state index in [0.29, 0.717) is 11.5 Å². The van der Waals surface area contributed by atoms with Crippen LogP contribution in [0.3, 0.4) is 0 Å². The van der Waals surface area contributed by atoms with Crippen LogP contribution in [0.2, 0.25) is 5.02 Å². The van der Waals surface area contributed by atoms with E-state index in [9.17, 15) is 0 Å². The van der Waals surface area contributed by atoms with Crippen molar-refractivity contribution in [3.05, 3.63) is 47.0 Å². The van der Waals surface area contributed by atoms with Gasteiger partial charge in [0.05, 0.1) is 0 Å². The first-order chi connectivity index (χ1) is 9.65. The van der Waals surface area contributed by atoms with Crippen molar-refractivity contribution in [3.8, 4) is 0 Å². The quantitative estimate of drug-likeness (QED) is 0.804. The van der Waals surface area contributed by atoms with Crippen LogP contribution in [-0.4, -0.2) is 7.05 Å². The Morgan fingerprint density at radius 2 is 1.70 bits per heavy atom. The first-order valence-corrected chi connectivity index (χ1v) is 7.88. The average Bonchev–Trinajstić information content (AvgIpc) is 2.90. The van der Waals surface area contributed by atoms with Gasteiger partial charge in [-0.2, -0.15) is 0 Å². The maximum Gasteiger partial charge on any atom is 0.0484 e. The minimum atomic E-state index is 0.353. The zero-order valence-corrected chi connectivity index (χ0v) is 13.0. The van der Waals surface area contributed by atoms with E-state index < -0.39 is 0 Å². The molecule has 106 valence electrons. The first-order valence-electron chi connectivity index (χ1n) is 7.50. The van der Waals surface area contributed by atoms with Crippen LogP contribution in [0.4, 0.5) is 0 Å². The van der Waals surface area contributed by atoms with Crippen molar-refractivity contribution >= 4 is 22.4 Å². The van der Waals surface area contributed by atoms with E-state index in [4.69, 9.17) is 11.6 Å². The van der Waals surface area contributed by atoms with E-state index in [1.165, 1.54) is 36.6 Å². The Balaban J connectivity index is 2.15. The normalized spacial score (nSPS) is 19.4. The largest absolute Gasteiger partial charge is 0.313 e. The average molecular weight is 288 g/mol. The van der Waals surface area contributed by atoms with Crippen molar-refractivity contribution in [1.29, 1.82) is 0 Å². The molecule has 0 aliphatic heterocycles. The van der Waals surface area contributed by atoms with Gasteiger partial charge in [0, 0.05) is 16.5 Å². The fourth-order valence-electron chi connectivity index (χ4n) is 3.89. The van der Waals surface area contributed by atoms with Gasteiger partial charge in [-0.1, -0.05) is 61.7 Å². The highest BCUT2D eigenvalue weighted by Crippen LogP contribution is 2.48. The minimum Gasteiger partial charge on any atom is -0.313 e. The maximum absolute atomic E-state index is 6.35. The fourth-order valence-corrected chi connectivity index (χ4v) is 4.12. The summed E-state index contributed by atoms with van der Waals surface area (Å²) < 4.78 is 0. The van der Waals surface area contributed by atoms with Gasteiger partial charge in [0.15, 0.2) is 0 Å². The number of halogens is 1. The summed E-state index contributed by atoms with van der Waals surface area (Å²) in [6.45, 7) is 2.42. The van der Waals surface area contributed by atoms with Crippen LogP contribution in [0, 0.1) is 5.41 Å². The van der Waals surface area contributed by atoms with E-state index >= 15 is 0 Å². The predicted molar refractivity (Wildman–Crippen MR) is 87.3 cm³/mol. The number of benzene rings is 2. The Kier molecular flexibility index (Phi) is 3.74. The predicted octanol–water partition coefficient (Wildman–Crippen LogP) is 5.33. The molecule has 0 saturated heterocycles. The smallest absolute Gasteiger partial charge is 0.0484 e. The van der Waals surface area contributed by atoms with E-state index in [-0.39, 0.29) is 0 Å². The van der Waals surface area contributed by atoms with Crippen molar-refractivity contribution in [2.75, 3.05) is 7.05 Å². The van der Waals surface area contributed by atoms with Crippen molar-refractivity contribution in [2.45, 2.75) is 38.6 Å². The van der Waals surface area contributed by atoms with Gasteiger partial charge in [-0.15, -0.1) is 0 Å². The van der Waals surface area contributed by atoms with E-state index in [0.717, 1.165) is 10.4 Å².